The van der Waals surface area contributed by atoms with Gasteiger partial charge in [0.15, 0.2) is 23.1 Å². The quantitative estimate of drug-likeness (QED) is 0.852. The SMILES string of the molecule is CCOc1cccc(C=Nn2c(C)nnc2C)c1O. The third-order valence-electron chi connectivity index (χ3n) is 2.59. The molecule has 2 aromatic rings. The van der Waals surface area contributed by atoms with Crippen LogP contribution in [0.2, 0.25) is 0 Å². The number of aromatic hydroxyl groups is 1. The van der Waals surface area contributed by atoms with Crippen LogP contribution in [0.3, 0.4) is 0 Å². The maximum absolute atomic E-state index is 10.0. The van der Waals surface area contributed by atoms with Crippen molar-refractivity contribution >= 4 is 6.21 Å². The maximum atomic E-state index is 10.0. The van der Waals surface area contributed by atoms with Crippen molar-refractivity contribution in [2.75, 3.05) is 6.61 Å². The molecule has 0 saturated carbocycles. The second-order valence-electron chi connectivity index (χ2n) is 3.98. The first-order valence-electron chi connectivity index (χ1n) is 6.01. The number of phenols is 1. The Morgan fingerprint density at radius 1 is 1.32 bits per heavy atom. The largest absolute Gasteiger partial charge is 0.504 e. The predicted octanol–water partition coefficient (Wildman–Crippen LogP) is 1.88. The summed E-state index contributed by atoms with van der Waals surface area (Å²) in [4.78, 5) is 0. The van der Waals surface area contributed by atoms with Gasteiger partial charge < -0.3 is 9.84 Å². The molecule has 1 heterocycles. The molecule has 6 nitrogen and oxygen atoms in total. The van der Waals surface area contributed by atoms with Crippen molar-refractivity contribution in [2.45, 2.75) is 20.8 Å². The first-order chi connectivity index (χ1) is 9.13. The predicted molar refractivity (Wildman–Crippen MR) is 71.8 cm³/mol. The number of hydrogen-bond acceptors (Lipinski definition) is 5. The van der Waals surface area contributed by atoms with Gasteiger partial charge in [0.25, 0.3) is 0 Å². The summed E-state index contributed by atoms with van der Waals surface area (Å²) in [5.74, 6) is 1.91. The molecule has 0 unspecified atom stereocenters. The highest BCUT2D eigenvalue weighted by Crippen LogP contribution is 2.28. The summed E-state index contributed by atoms with van der Waals surface area (Å²) in [6.45, 7) is 5.99. The molecule has 2 rings (SSSR count). The van der Waals surface area contributed by atoms with Crippen LogP contribution in [0, 0.1) is 13.8 Å². The topological polar surface area (TPSA) is 72.5 Å². The molecule has 1 N–H and O–H groups in total. The number of rotatable bonds is 4. The van der Waals surface area contributed by atoms with Crippen LogP contribution in [0.25, 0.3) is 0 Å². The van der Waals surface area contributed by atoms with Gasteiger partial charge in [-0.2, -0.15) is 5.10 Å². The third-order valence-corrected chi connectivity index (χ3v) is 2.59. The molecule has 1 aromatic heterocycles. The summed E-state index contributed by atoms with van der Waals surface area (Å²) in [6, 6.07) is 5.28. The van der Waals surface area contributed by atoms with E-state index in [2.05, 4.69) is 15.3 Å². The Hall–Kier alpha value is -2.37. The number of aryl methyl sites for hydroxylation is 2. The van der Waals surface area contributed by atoms with Crippen molar-refractivity contribution in [3.05, 3.63) is 35.4 Å². The van der Waals surface area contributed by atoms with Crippen LogP contribution in [0.4, 0.5) is 0 Å². The highest BCUT2D eigenvalue weighted by molar-refractivity contribution is 5.84. The van der Waals surface area contributed by atoms with Gasteiger partial charge >= 0.3 is 0 Å². The van der Waals surface area contributed by atoms with E-state index in [0.29, 0.717) is 29.6 Å². The van der Waals surface area contributed by atoms with Crippen LogP contribution in [-0.4, -0.2) is 32.8 Å². The Balaban J connectivity index is 2.31. The zero-order chi connectivity index (χ0) is 13.8. The van der Waals surface area contributed by atoms with Gasteiger partial charge in [0, 0.05) is 5.56 Å². The lowest BCUT2D eigenvalue weighted by molar-refractivity contribution is 0.318. The maximum Gasteiger partial charge on any atom is 0.166 e. The Bertz CT molecular complexity index is 585. The zero-order valence-corrected chi connectivity index (χ0v) is 11.2. The summed E-state index contributed by atoms with van der Waals surface area (Å²) in [6.07, 6.45) is 1.56. The van der Waals surface area contributed by atoms with Gasteiger partial charge in [-0.15, -0.1) is 10.2 Å². The molecule has 100 valence electrons. The van der Waals surface area contributed by atoms with Crippen molar-refractivity contribution in [1.29, 1.82) is 0 Å². The molecule has 1 aromatic carbocycles. The lowest BCUT2D eigenvalue weighted by Crippen LogP contribution is -1.97. The van der Waals surface area contributed by atoms with E-state index in [1.54, 1.807) is 29.1 Å². The zero-order valence-electron chi connectivity index (χ0n) is 11.2. The molecule has 0 saturated heterocycles. The smallest absolute Gasteiger partial charge is 0.166 e. The summed E-state index contributed by atoms with van der Waals surface area (Å²) >= 11 is 0. The van der Waals surface area contributed by atoms with Gasteiger partial charge in [-0.3, -0.25) is 0 Å². The Kier molecular flexibility index (Phi) is 3.79. The molecule has 0 amide bonds. The Morgan fingerprint density at radius 3 is 2.63 bits per heavy atom. The Morgan fingerprint density at radius 2 is 2.00 bits per heavy atom. The molecule has 6 heteroatoms. The summed E-state index contributed by atoms with van der Waals surface area (Å²) in [5.41, 5.74) is 0.582. The van der Waals surface area contributed by atoms with Crippen molar-refractivity contribution in [2.24, 2.45) is 5.10 Å². The van der Waals surface area contributed by atoms with Crippen LogP contribution >= 0.6 is 0 Å². The minimum absolute atomic E-state index is 0.0801. The molecule has 0 aliphatic heterocycles. The fourth-order valence-electron chi connectivity index (χ4n) is 1.67. The van der Waals surface area contributed by atoms with E-state index in [1.165, 1.54) is 0 Å². The van der Waals surface area contributed by atoms with Gasteiger partial charge in [-0.25, -0.2) is 4.68 Å². The normalized spacial score (nSPS) is 11.1. The molecule has 0 aliphatic carbocycles. The molecule has 0 fully saturated rings. The molecule has 0 spiro atoms. The second kappa shape index (κ2) is 5.51. The van der Waals surface area contributed by atoms with Crippen LogP contribution < -0.4 is 4.74 Å². The van der Waals surface area contributed by atoms with E-state index in [1.807, 2.05) is 20.8 Å². The average molecular weight is 260 g/mol. The second-order valence-corrected chi connectivity index (χ2v) is 3.98. The van der Waals surface area contributed by atoms with Crippen LogP contribution in [0.15, 0.2) is 23.3 Å². The van der Waals surface area contributed by atoms with Gasteiger partial charge in [0.2, 0.25) is 0 Å². The van der Waals surface area contributed by atoms with E-state index in [-0.39, 0.29) is 5.75 Å². The molecule has 0 radical (unpaired) electrons. The summed E-state index contributed by atoms with van der Waals surface area (Å²) in [5, 5.41) is 22.1. The number of para-hydroxylation sites is 1. The van der Waals surface area contributed by atoms with Crippen molar-refractivity contribution in [3.8, 4) is 11.5 Å². The minimum atomic E-state index is 0.0801. The van der Waals surface area contributed by atoms with Crippen molar-refractivity contribution in [1.82, 2.24) is 14.9 Å². The van der Waals surface area contributed by atoms with E-state index in [4.69, 9.17) is 4.74 Å². The standard InChI is InChI=1S/C13H16N4O2/c1-4-19-12-7-5-6-11(13(12)18)8-14-17-9(2)15-16-10(17)3/h5-8,18H,4H2,1-3H3. The van der Waals surface area contributed by atoms with Crippen LogP contribution in [0.1, 0.15) is 24.1 Å². The summed E-state index contributed by atoms with van der Waals surface area (Å²) < 4.78 is 6.92. The molecular weight excluding hydrogens is 244 g/mol. The van der Waals surface area contributed by atoms with Crippen LogP contribution in [0.5, 0.6) is 11.5 Å². The van der Waals surface area contributed by atoms with Crippen LogP contribution in [-0.2, 0) is 0 Å². The number of hydrogen-bond donors (Lipinski definition) is 1. The lowest BCUT2D eigenvalue weighted by atomic mass is 10.2. The fraction of sp³-hybridized carbons (Fsp3) is 0.308. The highest BCUT2D eigenvalue weighted by atomic mass is 16.5. The lowest BCUT2D eigenvalue weighted by Gasteiger charge is -2.07. The summed E-state index contributed by atoms with van der Waals surface area (Å²) in [7, 11) is 0. The fourth-order valence-corrected chi connectivity index (χ4v) is 1.67. The molecule has 19 heavy (non-hydrogen) atoms. The number of ether oxygens (including phenoxy) is 1. The monoisotopic (exact) mass is 260 g/mol. The van der Waals surface area contributed by atoms with Gasteiger partial charge in [-0.05, 0) is 32.9 Å². The van der Waals surface area contributed by atoms with Crippen molar-refractivity contribution < 1.29 is 9.84 Å². The number of nitrogens with zero attached hydrogens (tertiary/aromatic N) is 4. The average Bonchev–Trinajstić information content (AvgIpc) is 2.71. The molecule has 0 bridgehead atoms. The van der Waals surface area contributed by atoms with E-state index in [0.717, 1.165) is 0 Å². The van der Waals surface area contributed by atoms with Crippen molar-refractivity contribution in [3.63, 3.8) is 0 Å². The number of phenolic OH excluding ortho intramolecular Hbond substituents is 1. The third kappa shape index (κ3) is 2.73. The minimum Gasteiger partial charge on any atom is -0.504 e. The van der Waals surface area contributed by atoms with Gasteiger partial charge in [-0.1, -0.05) is 6.07 Å². The molecule has 0 atom stereocenters. The van der Waals surface area contributed by atoms with E-state index in [9.17, 15) is 5.11 Å². The van der Waals surface area contributed by atoms with E-state index >= 15 is 0 Å². The van der Waals surface area contributed by atoms with E-state index < -0.39 is 0 Å². The Labute approximate surface area is 111 Å². The van der Waals surface area contributed by atoms with Gasteiger partial charge in [0.05, 0.1) is 12.8 Å². The first kappa shape index (κ1) is 13.1. The highest BCUT2D eigenvalue weighted by Gasteiger charge is 2.06. The number of aromatic nitrogens is 3. The first-order valence-corrected chi connectivity index (χ1v) is 6.01. The van der Waals surface area contributed by atoms with Gasteiger partial charge in [0.1, 0.15) is 0 Å². The molecular formula is C13H16N4O2. The number of benzene rings is 1. The molecule has 0 aliphatic rings.